The summed E-state index contributed by atoms with van der Waals surface area (Å²) >= 11 is 6.21. The number of carbonyl (C=O) groups is 1. The lowest BCUT2D eigenvalue weighted by Gasteiger charge is -2.21. The molecule has 156 valence electrons. The van der Waals surface area contributed by atoms with Crippen LogP contribution in [0.2, 0.25) is 5.02 Å². The SMILES string of the molecule is CC(C)(C)OC(=O)NCC1CCN(CCc2cc(Cl)ccc2OCC2CC2)C1. The van der Waals surface area contributed by atoms with Gasteiger partial charge in [0, 0.05) is 24.7 Å². The maximum absolute atomic E-state index is 11.8. The number of halogens is 1. The second kappa shape index (κ2) is 9.36. The Balaban J connectivity index is 1.42. The van der Waals surface area contributed by atoms with E-state index in [9.17, 15) is 4.79 Å². The summed E-state index contributed by atoms with van der Waals surface area (Å²) in [6.07, 6.45) is 4.26. The zero-order valence-corrected chi connectivity index (χ0v) is 18.1. The highest BCUT2D eigenvalue weighted by Gasteiger charge is 2.25. The Morgan fingerprint density at radius 1 is 1.25 bits per heavy atom. The number of rotatable bonds is 8. The first-order valence-corrected chi connectivity index (χ1v) is 10.8. The topological polar surface area (TPSA) is 50.8 Å². The maximum Gasteiger partial charge on any atom is 0.407 e. The van der Waals surface area contributed by atoms with Gasteiger partial charge >= 0.3 is 6.09 Å². The van der Waals surface area contributed by atoms with E-state index in [2.05, 4.69) is 10.2 Å². The molecule has 5 nitrogen and oxygen atoms in total. The summed E-state index contributed by atoms with van der Waals surface area (Å²) in [5.74, 6) is 2.18. The molecule has 28 heavy (non-hydrogen) atoms. The van der Waals surface area contributed by atoms with E-state index in [1.54, 1.807) is 0 Å². The molecule has 0 radical (unpaired) electrons. The van der Waals surface area contributed by atoms with Crippen LogP contribution in [0.1, 0.15) is 45.6 Å². The molecule has 1 saturated heterocycles. The van der Waals surface area contributed by atoms with Gasteiger partial charge in [-0.3, -0.25) is 0 Å². The molecule has 1 aliphatic carbocycles. The van der Waals surface area contributed by atoms with Crippen molar-refractivity contribution in [2.75, 3.05) is 32.8 Å². The van der Waals surface area contributed by atoms with Crippen molar-refractivity contribution in [3.05, 3.63) is 28.8 Å². The van der Waals surface area contributed by atoms with Gasteiger partial charge in [-0.2, -0.15) is 0 Å². The zero-order valence-electron chi connectivity index (χ0n) is 17.3. The summed E-state index contributed by atoms with van der Waals surface area (Å²) in [6.45, 7) is 10.1. The van der Waals surface area contributed by atoms with Gasteiger partial charge in [-0.25, -0.2) is 4.79 Å². The molecule has 1 unspecified atom stereocenters. The molecular weight excluding hydrogens is 376 g/mol. The number of nitrogens with one attached hydrogen (secondary N) is 1. The van der Waals surface area contributed by atoms with Crippen LogP contribution in [0.4, 0.5) is 4.79 Å². The van der Waals surface area contributed by atoms with E-state index in [1.807, 2.05) is 39.0 Å². The molecule has 0 spiro atoms. The van der Waals surface area contributed by atoms with Crippen LogP contribution in [0.5, 0.6) is 5.75 Å². The Kier molecular flexibility index (Phi) is 7.10. The van der Waals surface area contributed by atoms with Crippen molar-refractivity contribution in [2.24, 2.45) is 11.8 Å². The molecule has 1 aromatic rings. The van der Waals surface area contributed by atoms with Crippen LogP contribution in [0.25, 0.3) is 0 Å². The minimum Gasteiger partial charge on any atom is -0.493 e. The Morgan fingerprint density at radius 3 is 2.75 bits per heavy atom. The number of alkyl carbamates (subject to hydrolysis) is 1. The average Bonchev–Trinajstić information content (AvgIpc) is 3.33. The number of carbonyl (C=O) groups excluding carboxylic acids is 1. The highest BCUT2D eigenvalue weighted by atomic mass is 35.5. The molecule has 1 atom stereocenters. The molecule has 1 saturated carbocycles. The van der Waals surface area contributed by atoms with Crippen molar-refractivity contribution in [1.82, 2.24) is 10.2 Å². The molecule has 0 aromatic heterocycles. The number of hydrogen-bond acceptors (Lipinski definition) is 4. The van der Waals surface area contributed by atoms with Gasteiger partial charge in [-0.1, -0.05) is 11.6 Å². The van der Waals surface area contributed by atoms with Crippen LogP contribution >= 0.6 is 11.6 Å². The van der Waals surface area contributed by atoms with E-state index in [0.29, 0.717) is 12.5 Å². The first-order valence-electron chi connectivity index (χ1n) is 10.4. The van der Waals surface area contributed by atoms with Crippen LogP contribution in [0.15, 0.2) is 18.2 Å². The summed E-state index contributed by atoms with van der Waals surface area (Å²) in [5.41, 5.74) is 0.727. The molecule has 1 amide bonds. The second-order valence-electron chi connectivity index (χ2n) is 9.09. The average molecular weight is 409 g/mol. The van der Waals surface area contributed by atoms with Crippen molar-refractivity contribution < 1.29 is 14.3 Å². The molecule has 1 heterocycles. The van der Waals surface area contributed by atoms with E-state index in [-0.39, 0.29) is 6.09 Å². The predicted octanol–water partition coefficient (Wildman–Crippen LogP) is 4.52. The second-order valence-corrected chi connectivity index (χ2v) is 9.53. The van der Waals surface area contributed by atoms with Gasteiger partial charge in [0.2, 0.25) is 0 Å². The van der Waals surface area contributed by atoms with Crippen molar-refractivity contribution in [3.63, 3.8) is 0 Å². The number of ether oxygens (including phenoxy) is 2. The third-order valence-corrected chi connectivity index (χ3v) is 5.43. The predicted molar refractivity (Wildman–Crippen MR) is 112 cm³/mol. The van der Waals surface area contributed by atoms with Gasteiger partial charge in [0.15, 0.2) is 0 Å². The van der Waals surface area contributed by atoms with E-state index in [0.717, 1.165) is 55.8 Å². The van der Waals surface area contributed by atoms with E-state index < -0.39 is 5.60 Å². The molecule has 1 aromatic carbocycles. The van der Waals surface area contributed by atoms with Crippen LogP contribution in [-0.2, 0) is 11.2 Å². The minimum atomic E-state index is -0.456. The smallest absolute Gasteiger partial charge is 0.407 e. The standard InChI is InChI=1S/C22H33ClN2O3/c1-22(2,3)28-21(26)24-13-17-8-10-25(14-17)11-9-18-12-19(23)6-7-20(18)27-15-16-4-5-16/h6-7,12,16-17H,4-5,8-11,13-15H2,1-3H3,(H,24,26). The molecule has 1 N–H and O–H groups in total. The fraction of sp³-hybridized carbons (Fsp3) is 0.682. The number of amides is 1. The van der Waals surface area contributed by atoms with Crippen LogP contribution < -0.4 is 10.1 Å². The molecule has 2 fully saturated rings. The lowest BCUT2D eigenvalue weighted by atomic mass is 10.1. The van der Waals surface area contributed by atoms with E-state index in [4.69, 9.17) is 21.1 Å². The number of nitrogens with zero attached hydrogens (tertiary/aromatic N) is 1. The fourth-order valence-corrected chi connectivity index (χ4v) is 3.67. The summed E-state index contributed by atoms with van der Waals surface area (Å²) in [6, 6.07) is 5.93. The highest BCUT2D eigenvalue weighted by molar-refractivity contribution is 6.30. The lowest BCUT2D eigenvalue weighted by molar-refractivity contribution is 0.0519. The first kappa shape index (κ1) is 21.3. The van der Waals surface area contributed by atoms with E-state index in [1.165, 1.54) is 18.4 Å². The van der Waals surface area contributed by atoms with Gasteiger partial charge in [-0.15, -0.1) is 0 Å². The number of benzene rings is 1. The van der Waals surface area contributed by atoms with Crippen molar-refractivity contribution in [3.8, 4) is 5.75 Å². The summed E-state index contributed by atoms with van der Waals surface area (Å²) in [4.78, 5) is 14.3. The van der Waals surface area contributed by atoms with E-state index >= 15 is 0 Å². The van der Waals surface area contributed by atoms with Crippen molar-refractivity contribution >= 4 is 17.7 Å². The first-order chi connectivity index (χ1) is 13.3. The monoisotopic (exact) mass is 408 g/mol. The third kappa shape index (κ3) is 7.17. The quantitative estimate of drug-likeness (QED) is 0.687. The normalized spacial score (nSPS) is 20.2. The summed E-state index contributed by atoms with van der Waals surface area (Å²) < 4.78 is 11.3. The largest absolute Gasteiger partial charge is 0.493 e. The molecule has 2 aliphatic rings. The maximum atomic E-state index is 11.8. The molecule has 6 heteroatoms. The lowest BCUT2D eigenvalue weighted by Crippen LogP contribution is -2.36. The number of hydrogen-bond donors (Lipinski definition) is 1. The Labute approximate surface area is 173 Å². The summed E-state index contributed by atoms with van der Waals surface area (Å²) in [7, 11) is 0. The minimum absolute atomic E-state index is 0.331. The zero-order chi connectivity index (χ0) is 20.1. The molecular formula is C22H33ClN2O3. The summed E-state index contributed by atoms with van der Waals surface area (Å²) in [5, 5.41) is 3.66. The van der Waals surface area contributed by atoms with Gasteiger partial charge in [0.1, 0.15) is 11.4 Å². The molecule has 0 bridgehead atoms. The molecule has 3 rings (SSSR count). The van der Waals surface area contributed by atoms with Gasteiger partial charge in [0.25, 0.3) is 0 Å². The van der Waals surface area contributed by atoms with Crippen molar-refractivity contribution in [2.45, 2.75) is 52.1 Å². The Bertz CT molecular complexity index is 670. The number of likely N-dealkylation sites (tertiary alicyclic amines) is 1. The fourth-order valence-electron chi connectivity index (χ4n) is 3.48. The Morgan fingerprint density at radius 2 is 2.04 bits per heavy atom. The van der Waals surface area contributed by atoms with Gasteiger partial charge < -0.3 is 19.7 Å². The molecule has 1 aliphatic heterocycles. The van der Waals surface area contributed by atoms with Crippen LogP contribution in [0.3, 0.4) is 0 Å². The van der Waals surface area contributed by atoms with Crippen LogP contribution in [-0.4, -0.2) is 49.4 Å². The Hall–Kier alpha value is -1.46. The van der Waals surface area contributed by atoms with Crippen molar-refractivity contribution in [1.29, 1.82) is 0 Å². The van der Waals surface area contributed by atoms with Gasteiger partial charge in [-0.05, 0) is 88.6 Å². The van der Waals surface area contributed by atoms with Gasteiger partial charge in [0.05, 0.1) is 6.61 Å². The van der Waals surface area contributed by atoms with Crippen LogP contribution in [0, 0.1) is 11.8 Å². The highest BCUT2D eigenvalue weighted by Crippen LogP contribution is 2.31. The third-order valence-electron chi connectivity index (χ3n) is 5.20.